The summed E-state index contributed by atoms with van der Waals surface area (Å²) in [6.07, 6.45) is 0. The zero-order valence-corrected chi connectivity index (χ0v) is 9.21. The molecule has 0 spiro atoms. The summed E-state index contributed by atoms with van der Waals surface area (Å²) in [6, 6.07) is 11.4. The smallest absolute Gasteiger partial charge is 0.250 e. The third-order valence-corrected chi connectivity index (χ3v) is 2.60. The molecule has 0 unspecified atom stereocenters. The van der Waals surface area contributed by atoms with Gasteiger partial charge in [0.2, 0.25) is 0 Å². The third kappa shape index (κ3) is 1.79. The number of benzene rings is 1. The van der Waals surface area contributed by atoms with Crippen LogP contribution in [0.3, 0.4) is 0 Å². The molecule has 0 bridgehead atoms. The van der Waals surface area contributed by atoms with E-state index in [0.717, 1.165) is 0 Å². The van der Waals surface area contributed by atoms with Gasteiger partial charge in [-0.25, -0.2) is 0 Å². The Balaban J connectivity index is 2.82. The Morgan fingerprint density at radius 3 is 2.65 bits per heavy atom. The van der Waals surface area contributed by atoms with Crippen molar-refractivity contribution in [3.8, 4) is 23.1 Å². The summed E-state index contributed by atoms with van der Waals surface area (Å²) < 4.78 is 1.40. The Morgan fingerprint density at radius 1 is 1.24 bits per heavy atom. The minimum absolute atomic E-state index is 0.00903. The summed E-state index contributed by atoms with van der Waals surface area (Å²) in [5.74, 6) is -0.00903. The number of nitrogens with zero attached hydrogens (tertiary/aromatic N) is 2. The third-order valence-electron chi connectivity index (χ3n) is 2.60. The quantitative estimate of drug-likeness (QED) is 0.803. The number of phenols is 1. The molecule has 1 heterocycles. The van der Waals surface area contributed by atoms with Crippen molar-refractivity contribution in [2.45, 2.75) is 0 Å². The van der Waals surface area contributed by atoms with Crippen molar-refractivity contribution in [2.24, 2.45) is 7.05 Å². The maximum atomic E-state index is 11.5. The minimum atomic E-state index is -0.186. The number of hydrogen-bond acceptors (Lipinski definition) is 3. The molecule has 4 nitrogen and oxygen atoms in total. The number of pyridine rings is 1. The molecule has 0 radical (unpaired) electrons. The standard InChI is InChI=1S/C13H10N2O2/c1-15-10(5-3-7-12(15)17)13-9(8-14)4-2-6-11(13)16/h2-7,16H,1H3. The van der Waals surface area contributed by atoms with Crippen LogP contribution in [0.15, 0.2) is 41.2 Å². The molecule has 1 aromatic carbocycles. The van der Waals surface area contributed by atoms with Crippen LogP contribution in [-0.2, 0) is 7.05 Å². The first-order valence-electron chi connectivity index (χ1n) is 5.03. The van der Waals surface area contributed by atoms with Gasteiger partial charge in [0.25, 0.3) is 5.56 Å². The van der Waals surface area contributed by atoms with Gasteiger partial charge in [0, 0.05) is 13.1 Å². The summed E-state index contributed by atoms with van der Waals surface area (Å²) >= 11 is 0. The van der Waals surface area contributed by atoms with Gasteiger partial charge < -0.3 is 9.67 Å². The van der Waals surface area contributed by atoms with Crippen LogP contribution in [0.1, 0.15) is 5.56 Å². The molecule has 0 saturated carbocycles. The van der Waals surface area contributed by atoms with Crippen molar-refractivity contribution in [1.82, 2.24) is 4.57 Å². The van der Waals surface area contributed by atoms with Crippen molar-refractivity contribution in [1.29, 1.82) is 5.26 Å². The molecule has 0 aliphatic rings. The highest BCUT2D eigenvalue weighted by Crippen LogP contribution is 2.30. The number of aromatic nitrogens is 1. The average molecular weight is 226 g/mol. The molecule has 0 atom stereocenters. The molecule has 84 valence electrons. The highest BCUT2D eigenvalue weighted by atomic mass is 16.3. The van der Waals surface area contributed by atoms with Gasteiger partial charge in [0.15, 0.2) is 0 Å². The molecule has 0 amide bonds. The van der Waals surface area contributed by atoms with Gasteiger partial charge in [-0.2, -0.15) is 5.26 Å². The van der Waals surface area contributed by atoms with Crippen molar-refractivity contribution < 1.29 is 5.11 Å². The van der Waals surface area contributed by atoms with Crippen LogP contribution >= 0.6 is 0 Å². The van der Waals surface area contributed by atoms with Gasteiger partial charge in [-0.3, -0.25) is 4.79 Å². The van der Waals surface area contributed by atoms with E-state index in [1.165, 1.54) is 16.7 Å². The van der Waals surface area contributed by atoms with E-state index in [9.17, 15) is 9.90 Å². The van der Waals surface area contributed by atoms with Crippen molar-refractivity contribution >= 4 is 0 Å². The lowest BCUT2D eigenvalue weighted by Crippen LogP contribution is -2.16. The first-order chi connectivity index (χ1) is 8.15. The highest BCUT2D eigenvalue weighted by Gasteiger charge is 2.12. The topological polar surface area (TPSA) is 66.0 Å². The molecule has 0 saturated heterocycles. The lowest BCUT2D eigenvalue weighted by Gasteiger charge is -2.10. The fourth-order valence-electron chi connectivity index (χ4n) is 1.72. The van der Waals surface area contributed by atoms with E-state index in [1.54, 1.807) is 31.3 Å². The van der Waals surface area contributed by atoms with Crippen LogP contribution in [0.2, 0.25) is 0 Å². The van der Waals surface area contributed by atoms with Gasteiger partial charge >= 0.3 is 0 Å². The highest BCUT2D eigenvalue weighted by molar-refractivity contribution is 5.73. The number of phenolic OH excluding ortho intramolecular Hbond substituents is 1. The first kappa shape index (κ1) is 11.0. The number of rotatable bonds is 1. The maximum absolute atomic E-state index is 11.5. The monoisotopic (exact) mass is 226 g/mol. The van der Waals surface area contributed by atoms with E-state index in [0.29, 0.717) is 16.8 Å². The van der Waals surface area contributed by atoms with Crippen molar-refractivity contribution in [2.75, 3.05) is 0 Å². The van der Waals surface area contributed by atoms with Crippen LogP contribution in [0.25, 0.3) is 11.3 Å². The fraction of sp³-hybridized carbons (Fsp3) is 0.0769. The van der Waals surface area contributed by atoms with Gasteiger partial charge in [-0.1, -0.05) is 12.1 Å². The predicted octanol–water partition coefficient (Wildman–Crippen LogP) is 1.63. The van der Waals surface area contributed by atoms with Crippen LogP contribution in [0, 0.1) is 11.3 Å². The van der Waals surface area contributed by atoms with E-state index in [-0.39, 0.29) is 11.3 Å². The zero-order chi connectivity index (χ0) is 12.4. The summed E-state index contributed by atoms with van der Waals surface area (Å²) in [5.41, 5.74) is 1.06. The molecule has 1 aromatic heterocycles. The number of nitriles is 1. The Hall–Kier alpha value is -2.54. The van der Waals surface area contributed by atoms with Gasteiger partial charge in [-0.05, 0) is 18.2 Å². The fourth-order valence-corrected chi connectivity index (χ4v) is 1.72. The molecule has 17 heavy (non-hydrogen) atoms. The second-order valence-corrected chi connectivity index (χ2v) is 3.62. The summed E-state index contributed by atoms with van der Waals surface area (Å²) in [4.78, 5) is 11.5. The van der Waals surface area contributed by atoms with Gasteiger partial charge in [0.05, 0.1) is 22.9 Å². The van der Waals surface area contributed by atoms with E-state index in [2.05, 4.69) is 0 Å². The largest absolute Gasteiger partial charge is 0.507 e. The Labute approximate surface area is 98.0 Å². The van der Waals surface area contributed by atoms with Crippen molar-refractivity contribution in [3.63, 3.8) is 0 Å². The molecular weight excluding hydrogens is 216 g/mol. The Bertz CT molecular complexity index is 666. The average Bonchev–Trinajstić information content (AvgIpc) is 2.33. The van der Waals surface area contributed by atoms with E-state index >= 15 is 0 Å². The summed E-state index contributed by atoms with van der Waals surface area (Å²) in [5, 5.41) is 18.8. The van der Waals surface area contributed by atoms with Gasteiger partial charge in [-0.15, -0.1) is 0 Å². The first-order valence-corrected chi connectivity index (χ1v) is 5.03. The lowest BCUT2D eigenvalue weighted by molar-refractivity contribution is 0.476. The molecule has 0 aliphatic carbocycles. The van der Waals surface area contributed by atoms with Crippen LogP contribution < -0.4 is 5.56 Å². The SMILES string of the molecule is Cn1c(-c2c(O)cccc2C#N)cccc1=O. The van der Waals surface area contributed by atoms with Gasteiger partial charge in [0.1, 0.15) is 5.75 Å². The van der Waals surface area contributed by atoms with E-state index in [1.807, 2.05) is 6.07 Å². The molecule has 2 aromatic rings. The predicted molar refractivity (Wildman–Crippen MR) is 63.5 cm³/mol. The number of aromatic hydroxyl groups is 1. The van der Waals surface area contributed by atoms with E-state index in [4.69, 9.17) is 5.26 Å². The van der Waals surface area contributed by atoms with Crippen LogP contribution in [0.4, 0.5) is 0 Å². The summed E-state index contributed by atoms with van der Waals surface area (Å²) in [6.45, 7) is 0. The molecule has 1 N–H and O–H groups in total. The van der Waals surface area contributed by atoms with E-state index < -0.39 is 0 Å². The summed E-state index contributed by atoms with van der Waals surface area (Å²) in [7, 11) is 1.60. The molecular formula is C13H10N2O2. The molecule has 0 aliphatic heterocycles. The lowest BCUT2D eigenvalue weighted by atomic mass is 10.0. The normalized spacial score (nSPS) is 9.88. The Kier molecular flexibility index (Phi) is 2.67. The Morgan fingerprint density at radius 2 is 1.94 bits per heavy atom. The molecule has 0 fully saturated rings. The van der Waals surface area contributed by atoms with Crippen molar-refractivity contribution in [3.05, 3.63) is 52.3 Å². The zero-order valence-electron chi connectivity index (χ0n) is 9.21. The number of hydrogen-bond donors (Lipinski definition) is 1. The minimum Gasteiger partial charge on any atom is -0.507 e. The second-order valence-electron chi connectivity index (χ2n) is 3.62. The maximum Gasteiger partial charge on any atom is 0.250 e. The van der Waals surface area contributed by atoms with Crippen LogP contribution in [0.5, 0.6) is 5.75 Å². The van der Waals surface area contributed by atoms with Crippen LogP contribution in [-0.4, -0.2) is 9.67 Å². The second kappa shape index (κ2) is 4.14. The molecule has 2 rings (SSSR count). The molecule has 4 heteroatoms.